The molecule has 5 heteroatoms. The lowest BCUT2D eigenvalue weighted by Crippen LogP contribution is -2.39. The molecule has 0 aliphatic carbocycles. The third-order valence-corrected chi connectivity index (χ3v) is 3.41. The zero-order valence-electron chi connectivity index (χ0n) is 11.9. The molecule has 0 saturated carbocycles. The van der Waals surface area contributed by atoms with Gasteiger partial charge in [0.1, 0.15) is 5.15 Å². The minimum atomic E-state index is 0.514. The molecule has 0 saturated heterocycles. The fourth-order valence-electron chi connectivity index (χ4n) is 1.74. The summed E-state index contributed by atoms with van der Waals surface area (Å²) in [6.45, 7) is 6.06. The molecule has 0 unspecified atom stereocenters. The first-order chi connectivity index (χ1) is 9.19. The second kappa shape index (κ2) is 8.75. The second-order valence-corrected chi connectivity index (χ2v) is 4.87. The van der Waals surface area contributed by atoms with E-state index in [-0.39, 0.29) is 0 Å². The number of nitrogens with one attached hydrogen (secondary N) is 2. The van der Waals surface area contributed by atoms with Gasteiger partial charge in [-0.05, 0) is 17.5 Å². The molecule has 19 heavy (non-hydrogen) atoms. The van der Waals surface area contributed by atoms with Crippen LogP contribution in [-0.4, -0.2) is 24.5 Å². The van der Waals surface area contributed by atoms with Gasteiger partial charge in [0.05, 0.1) is 0 Å². The van der Waals surface area contributed by atoms with E-state index in [2.05, 4.69) is 34.5 Å². The molecule has 0 amide bonds. The van der Waals surface area contributed by atoms with E-state index in [9.17, 15) is 0 Å². The molecule has 0 radical (unpaired) electrons. The normalized spacial score (nSPS) is 11.7. The average Bonchev–Trinajstić information content (AvgIpc) is 2.45. The van der Waals surface area contributed by atoms with E-state index in [1.807, 2.05) is 6.07 Å². The minimum Gasteiger partial charge on any atom is -0.356 e. The summed E-state index contributed by atoms with van der Waals surface area (Å²) in [4.78, 5) is 8.26. The first-order valence-electron chi connectivity index (χ1n) is 6.74. The molecule has 4 nitrogen and oxygen atoms in total. The van der Waals surface area contributed by atoms with Gasteiger partial charge >= 0.3 is 0 Å². The first-order valence-corrected chi connectivity index (χ1v) is 7.12. The van der Waals surface area contributed by atoms with E-state index in [4.69, 9.17) is 11.6 Å². The minimum absolute atomic E-state index is 0.514. The summed E-state index contributed by atoms with van der Waals surface area (Å²) in [5, 5.41) is 7.12. The van der Waals surface area contributed by atoms with Crippen molar-refractivity contribution in [2.24, 2.45) is 10.9 Å². The summed E-state index contributed by atoms with van der Waals surface area (Å²) < 4.78 is 0. The SMILES string of the molecule is CCC(CC)CNC(=NC)NCc1ccc(Cl)nc1. The summed E-state index contributed by atoms with van der Waals surface area (Å²) in [6, 6.07) is 3.75. The second-order valence-electron chi connectivity index (χ2n) is 4.48. The lowest BCUT2D eigenvalue weighted by atomic mass is 10.0. The molecule has 0 aliphatic heterocycles. The van der Waals surface area contributed by atoms with Gasteiger partial charge in [-0.25, -0.2) is 4.98 Å². The molecule has 106 valence electrons. The summed E-state index contributed by atoms with van der Waals surface area (Å²) in [5.41, 5.74) is 1.08. The van der Waals surface area contributed by atoms with Crippen molar-refractivity contribution in [2.75, 3.05) is 13.6 Å². The van der Waals surface area contributed by atoms with Crippen molar-refractivity contribution >= 4 is 17.6 Å². The van der Waals surface area contributed by atoms with Gasteiger partial charge in [-0.3, -0.25) is 4.99 Å². The summed E-state index contributed by atoms with van der Waals surface area (Å²) in [6.07, 6.45) is 4.13. The van der Waals surface area contributed by atoms with Crippen molar-refractivity contribution in [3.8, 4) is 0 Å². The highest BCUT2D eigenvalue weighted by Crippen LogP contribution is 2.06. The number of aromatic nitrogens is 1. The number of guanidine groups is 1. The molecule has 0 fully saturated rings. The maximum Gasteiger partial charge on any atom is 0.191 e. The van der Waals surface area contributed by atoms with Crippen molar-refractivity contribution in [1.29, 1.82) is 0 Å². The largest absolute Gasteiger partial charge is 0.356 e. The molecule has 0 atom stereocenters. The Balaban J connectivity index is 2.39. The van der Waals surface area contributed by atoms with Crippen LogP contribution in [-0.2, 0) is 6.54 Å². The number of hydrogen-bond donors (Lipinski definition) is 2. The van der Waals surface area contributed by atoms with E-state index in [0.717, 1.165) is 18.1 Å². The molecule has 0 bridgehead atoms. The van der Waals surface area contributed by atoms with Crippen LogP contribution in [0.25, 0.3) is 0 Å². The molecular formula is C14H23ClN4. The number of aliphatic imine (C=N–C) groups is 1. The Morgan fingerprint density at radius 2 is 2.05 bits per heavy atom. The van der Waals surface area contributed by atoms with Crippen LogP contribution < -0.4 is 10.6 Å². The zero-order valence-corrected chi connectivity index (χ0v) is 12.7. The fraction of sp³-hybridized carbons (Fsp3) is 0.571. The van der Waals surface area contributed by atoms with Gasteiger partial charge in [0.15, 0.2) is 5.96 Å². The Morgan fingerprint density at radius 1 is 1.32 bits per heavy atom. The fourth-order valence-corrected chi connectivity index (χ4v) is 1.85. The van der Waals surface area contributed by atoms with E-state index in [1.54, 1.807) is 19.3 Å². The van der Waals surface area contributed by atoms with Crippen molar-refractivity contribution in [2.45, 2.75) is 33.2 Å². The highest BCUT2D eigenvalue weighted by molar-refractivity contribution is 6.29. The van der Waals surface area contributed by atoms with Gasteiger partial charge in [-0.15, -0.1) is 0 Å². The van der Waals surface area contributed by atoms with E-state index < -0.39 is 0 Å². The van der Waals surface area contributed by atoms with Gasteiger partial charge in [-0.2, -0.15) is 0 Å². The van der Waals surface area contributed by atoms with Gasteiger partial charge in [0, 0.05) is 26.3 Å². The molecule has 1 heterocycles. The number of pyridine rings is 1. The standard InChI is InChI=1S/C14H23ClN4/c1-4-11(5-2)8-18-14(16-3)19-10-12-6-7-13(15)17-9-12/h6-7,9,11H,4-5,8,10H2,1-3H3,(H2,16,18,19). The summed E-state index contributed by atoms with van der Waals surface area (Å²) in [7, 11) is 1.78. The van der Waals surface area contributed by atoms with Crippen LogP contribution in [0.3, 0.4) is 0 Å². The number of rotatable bonds is 6. The van der Waals surface area contributed by atoms with Crippen LogP contribution in [0.4, 0.5) is 0 Å². The summed E-state index contributed by atoms with van der Waals surface area (Å²) in [5.74, 6) is 1.51. The highest BCUT2D eigenvalue weighted by Gasteiger charge is 2.04. The van der Waals surface area contributed by atoms with E-state index in [1.165, 1.54) is 12.8 Å². The third-order valence-electron chi connectivity index (χ3n) is 3.19. The quantitative estimate of drug-likeness (QED) is 0.479. The number of hydrogen-bond acceptors (Lipinski definition) is 2. The Bertz CT molecular complexity index is 385. The highest BCUT2D eigenvalue weighted by atomic mass is 35.5. The molecular weight excluding hydrogens is 260 g/mol. The van der Waals surface area contributed by atoms with Crippen LogP contribution in [0.5, 0.6) is 0 Å². The number of nitrogens with zero attached hydrogens (tertiary/aromatic N) is 2. The van der Waals surface area contributed by atoms with Crippen LogP contribution in [0.1, 0.15) is 32.3 Å². The van der Waals surface area contributed by atoms with Crippen LogP contribution in [0.15, 0.2) is 23.3 Å². The molecule has 0 spiro atoms. The van der Waals surface area contributed by atoms with Gasteiger partial charge < -0.3 is 10.6 Å². The topological polar surface area (TPSA) is 49.3 Å². The van der Waals surface area contributed by atoms with E-state index >= 15 is 0 Å². The monoisotopic (exact) mass is 282 g/mol. The summed E-state index contributed by atoms with van der Waals surface area (Å²) >= 11 is 5.75. The molecule has 2 N–H and O–H groups in total. The number of halogens is 1. The Hall–Kier alpha value is -1.29. The molecule has 1 rings (SSSR count). The van der Waals surface area contributed by atoms with Gasteiger partial charge in [-0.1, -0.05) is 44.4 Å². The first kappa shape index (κ1) is 15.8. The van der Waals surface area contributed by atoms with Crippen molar-refractivity contribution in [3.05, 3.63) is 29.0 Å². The predicted molar refractivity (Wildman–Crippen MR) is 81.5 cm³/mol. The molecule has 0 aromatic carbocycles. The maximum absolute atomic E-state index is 5.75. The molecule has 1 aromatic heterocycles. The average molecular weight is 283 g/mol. The lowest BCUT2D eigenvalue weighted by Gasteiger charge is -2.16. The van der Waals surface area contributed by atoms with Crippen LogP contribution in [0.2, 0.25) is 5.15 Å². The predicted octanol–water partition coefficient (Wildman–Crippen LogP) is 2.84. The van der Waals surface area contributed by atoms with Crippen LogP contribution in [0, 0.1) is 5.92 Å². The Morgan fingerprint density at radius 3 is 2.58 bits per heavy atom. The Kier molecular flexibility index (Phi) is 7.26. The van der Waals surface area contributed by atoms with Gasteiger partial charge in [0.2, 0.25) is 0 Å². The molecule has 1 aromatic rings. The lowest BCUT2D eigenvalue weighted by molar-refractivity contribution is 0.481. The van der Waals surface area contributed by atoms with Crippen molar-refractivity contribution in [1.82, 2.24) is 15.6 Å². The maximum atomic E-state index is 5.75. The van der Waals surface area contributed by atoms with E-state index in [0.29, 0.717) is 17.6 Å². The smallest absolute Gasteiger partial charge is 0.191 e. The zero-order chi connectivity index (χ0) is 14.1. The Labute approximate surface area is 120 Å². The third kappa shape index (κ3) is 5.92. The van der Waals surface area contributed by atoms with Crippen molar-refractivity contribution in [3.63, 3.8) is 0 Å². The van der Waals surface area contributed by atoms with Gasteiger partial charge in [0.25, 0.3) is 0 Å². The van der Waals surface area contributed by atoms with Crippen molar-refractivity contribution < 1.29 is 0 Å². The molecule has 0 aliphatic rings. The van der Waals surface area contributed by atoms with Crippen LogP contribution >= 0.6 is 11.6 Å².